The van der Waals surface area contributed by atoms with Crippen LogP contribution in [0.1, 0.15) is 5.56 Å². The van der Waals surface area contributed by atoms with Gasteiger partial charge in [0.15, 0.2) is 5.13 Å². The van der Waals surface area contributed by atoms with Crippen molar-refractivity contribution in [1.82, 2.24) is 4.98 Å². The van der Waals surface area contributed by atoms with Crippen molar-refractivity contribution in [2.24, 2.45) is 0 Å². The number of carbonyl (C=O) groups is 1. The molecule has 0 aliphatic heterocycles. The fourth-order valence-electron chi connectivity index (χ4n) is 1.62. The van der Waals surface area contributed by atoms with Gasteiger partial charge in [0.2, 0.25) is 0 Å². The molecule has 1 N–H and O–H groups in total. The highest BCUT2D eigenvalue weighted by atomic mass is 32.2. The molecular formula is C12H11FN2O4S2. The Kier molecular flexibility index (Phi) is 4.53. The Labute approximate surface area is 124 Å². The predicted molar refractivity (Wildman–Crippen MR) is 75.0 cm³/mol. The highest BCUT2D eigenvalue weighted by Gasteiger charge is 2.21. The minimum atomic E-state index is -3.96. The number of sulfonamides is 1. The van der Waals surface area contributed by atoms with E-state index >= 15 is 0 Å². The Morgan fingerprint density at radius 1 is 1.48 bits per heavy atom. The highest BCUT2D eigenvalue weighted by molar-refractivity contribution is 7.93. The fraction of sp³-hybridized carbons (Fsp3) is 0.167. The van der Waals surface area contributed by atoms with Crippen LogP contribution in [0, 0.1) is 5.82 Å². The smallest absolute Gasteiger partial charge is 0.310 e. The lowest BCUT2D eigenvalue weighted by Gasteiger charge is -2.10. The molecule has 0 bridgehead atoms. The molecule has 0 spiro atoms. The predicted octanol–water partition coefficient (Wildman–Crippen LogP) is 1.80. The number of nitrogens with zero attached hydrogens (tertiary/aromatic N) is 1. The summed E-state index contributed by atoms with van der Waals surface area (Å²) in [4.78, 5) is 14.9. The van der Waals surface area contributed by atoms with E-state index in [9.17, 15) is 17.6 Å². The van der Waals surface area contributed by atoms with Crippen molar-refractivity contribution >= 4 is 32.5 Å². The molecule has 1 heterocycles. The van der Waals surface area contributed by atoms with Crippen molar-refractivity contribution in [2.45, 2.75) is 11.3 Å². The summed E-state index contributed by atoms with van der Waals surface area (Å²) in [6, 6.07) is 3.11. The van der Waals surface area contributed by atoms with Crippen LogP contribution in [0.3, 0.4) is 0 Å². The van der Waals surface area contributed by atoms with E-state index in [1.165, 1.54) is 13.3 Å². The van der Waals surface area contributed by atoms with Gasteiger partial charge in [0.25, 0.3) is 10.0 Å². The van der Waals surface area contributed by atoms with Gasteiger partial charge in [-0.05, 0) is 23.8 Å². The summed E-state index contributed by atoms with van der Waals surface area (Å²) in [5.74, 6) is -1.30. The van der Waals surface area contributed by atoms with Crippen molar-refractivity contribution in [3.05, 3.63) is 41.2 Å². The Bertz CT molecular complexity index is 745. The van der Waals surface area contributed by atoms with Gasteiger partial charge < -0.3 is 4.74 Å². The molecule has 0 fully saturated rings. The van der Waals surface area contributed by atoms with E-state index in [0.29, 0.717) is 0 Å². The molecule has 0 aliphatic rings. The van der Waals surface area contributed by atoms with Crippen LogP contribution in [0.5, 0.6) is 0 Å². The van der Waals surface area contributed by atoms with Gasteiger partial charge in [0.1, 0.15) is 5.82 Å². The standard InChI is InChI=1S/C12H11FN2O4S2/c1-19-11(16)7-8-6-9(13)2-3-10(8)21(17,18)15-12-14-4-5-20-12/h2-6H,7H2,1H3,(H,14,15). The third kappa shape index (κ3) is 3.76. The summed E-state index contributed by atoms with van der Waals surface area (Å²) in [6.45, 7) is 0. The zero-order chi connectivity index (χ0) is 15.5. The van der Waals surface area contributed by atoms with Crippen LogP contribution in [0.15, 0.2) is 34.7 Å². The first-order chi connectivity index (χ1) is 9.92. The Balaban J connectivity index is 2.40. The van der Waals surface area contributed by atoms with Gasteiger partial charge in [0, 0.05) is 11.6 Å². The van der Waals surface area contributed by atoms with Gasteiger partial charge >= 0.3 is 5.97 Å². The first-order valence-electron chi connectivity index (χ1n) is 5.70. The van der Waals surface area contributed by atoms with Gasteiger partial charge in [-0.25, -0.2) is 17.8 Å². The second-order valence-electron chi connectivity index (χ2n) is 3.95. The quantitative estimate of drug-likeness (QED) is 0.845. The van der Waals surface area contributed by atoms with Crippen LogP contribution in [0.2, 0.25) is 0 Å². The van der Waals surface area contributed by atoms with Crippen LogP contribution >= 0.6 is 11.3 Å². The molecular weight excluding hydrogens is 319 g/mol. The third-order valence-corrected chi connectivity index (χ3v) is 4.79. The van der Waals surface area contributed by atoms with Gasteiger partial charge in [-0.3, -0.25) is 9.52 Å². The van der Waals surface area contributed by atoms with E-state index in [1.54, 1.807) is 5.38 Å². The average molecular weight is 330 g/mol. The van der Waals surface area contributed by atoms with Gasteiger partial charge in [0.05, 0.1) is 18.4 Å². The van der Waals surface area contributed by atoms with Gasteiger partial charge in [-0.2, -0.15) is 0 Å². The molecule has 0 saturated heterocycles. The highest BCUT2D eigenvalue weighted by Crippen LogP contribution is 2.22. The van der Waals surface area contributed by atoms with Crippen LogP contribution in [0.4, 0.5) is 9.52 Å². The molecule has 0 amide bonds. The number of hydrogen-bond donors (Lipinski definition) is 1. The van der Waals surface area contributed by atoms with E-state index in [-0.39, 0.29) is 22.0 Å². The van der Waals surface area contributed by atoms with Crippen molar-refractivity contribution in [2.75, 3.05) is 11.8 Å². The number of nitrogens with one attached hydrogen (secondary N) is 1. The number of rotatable bonds is 5. The number of methoxy groups -OCH3 is 1. The molecule has 1 aromatic heterocycles. The minimum absolute atomic E-state index is 0.0194. The number of esters is 1. The van der Waals surface area contributed by atoms with E-state index in [2.05, 4.69) is 14.4 Å². The monoisotopic (exact) mass is 330 g/mol. The fourth-order valence-corrected chi connectivity index (χ4v) is 3.63. The van der Waals surface area contributed by atoms with Crippen LogP contribution in [-0.4, -0.2) is 26.5 Å². The van der Waals surface area contributed by atoms with Crippen LogP contribution in [-0.2, 0) is 26.0 Å². The van der Waals surface area contributed by atoms with Crippen LogP contribution < -0.4 is 4.72 Å². The molecule has 112 valence electrons. The Morgan fingerprint density at radius 2 is 2.24 bits per heavy atom. The number of thiazole rings is 1. The van der Waals surface area contributed by atoms with Crippen LogP contribution in [0.25, 0.3) is 0 Å². The SMILES string of the molecule is COC(=O)Cc1cc(F)ccc1S(=O)(=O)Nc1nccs1. The molecule has 21 heavy (non-hydrogen) atoms. The molecule has 0 aliphatic carbocycles. The number of ether oxygens (including phenoxy) is 1. The van der Waals surface area contributed by atoms with Crippen molar-refractivity contribution in [3.8, 4) is 0 Å². The summed E-state index contributed by atoms with van der Waals surface area (Å²) in [5.41, 5.74) is 0.0194. The number of aromatic nitrogens is 1. The third-order valence-electron chi connectivity index (χ3n) is 2.53. The summed E-state index contributed by atoms with van der Waals surface area (Å²) >= 11 is 1.10. The van der Waals surface area contributed by atoms with E-state index in [0.717, 1.165) is 29.5 Å². The lowest BCUT2D eigenvalue weighted by molar-refractivity contribution is -0.139. The van der Waals surface area contributed by atoms with Crippen molar-refractivity contribution < 1.29 is 22.3 Å². The van der Waals surface area contributed by atoms with E-state index in [1.807, 2.05) is 0 Å². The molecule has 9 heteroatoms. The molecule has 1 aromatic carbocycles. The molecule has 6 nitrogen and oxygen atoms in total. The maximum atomic E-state index is 13.3. The normalized spacial score (nSPS) is 11.1. The average Bonchev–Trinajstić information content (AvgIpc) is 2.90. The van der Waals surface area contributed by atoms with E-state index in [4.69, 9.17) is 0 Å². The van der Waals surface area contributed by atoms with E-state index < -0.39 is 21.8 Å². The number of hydrogen-bond acceptors (Lipinski definition) is 6. The lowest BCUT2D eigenvalue weighted by Crippen LogP contribution is -2.17. The first kappa shape index (κ1) is 15.4. The van der Waals surface area contributed by atoms with Crippen molar-refractivity contribution in [3.63, 3.8) is 0 Å². The summed E-state index contributed by atoms with van der Waals surface area (Å²) in [5, 5.41) is 1.79. The van der Waals surface area contributed by atoms with Gasteiger partial charge in [-0.15, -0.1) is 11.3 Å². The molecule has 0 atom stereocenters. The van der Waals surface area contributed by atoms with Gasteiger partial charge in [-0.1, -0.05) is 0 Å². The molecule has 2 aromatic rings. The zero-order valence-electron chi connectivity index (χ0n) is 10.9. The summed E-state index contributed by atoms with van der Waals surface area (Å²) in [7, 11) is -2.79. The number of carbonyl (C=O) groups excluding carboxylic acids is 1. The second-order valence-corrected chi connectivity index (χ2v) is 6.49. The lowest BCUT2D eigenvalue weighted by atomic mass is 10.1. The topological polar surface area (TPSA) is 85.4 Å². The Morgan fingerprint density at radius 3 is 2.86 bits per heavy atom. The molecule has 0 radical (unpaired) electrons. The summed E-state index contributed by atoms with van der Waals surface area (Å²) < 4.78 is 44.6. The Hall–Kier alpha value is -2.00. The maximum absolute atomic E-state index is 13.3. The number of anilines is 1. The molecule has 0 saturated carbocycles. The molecule has 0 unspecified atom stereocenters. The zero-order valence-corrected chi connectivity index (χ0v) is 12.5. The number of benzene rings is 1. The molecule has 2 rings (SSSR count). The first-order valence-corrected chi connectivity index (χ1v) is 8.06. The second kappa shape index (κ2) is 6.19. The number of halogens is 1. The van der Waals surface area contributed by atoms with Crippen molar-refractivity contribution in [1.29, 1.82) is 0 Å². The maximum Gasteiger partial charge on any atom is 0.310 e. The summed E-state index contributed by atoms with van der Waals surface area (Å²) in [6.07, 6.45) is 1.10. The minimum Gasteiger partial charge on any atom is -0.469 e. The largest absolute Gasteiger partial charge is 0.469 e.